The Morgan fingerprint density at radius 3 is 2.92 bits per heavy atom. The molecule has 1 saturated carbocycles. The van der Waals surface area contributed by atoms with Crippen LogP contribution in [0.15, 0.2) is 12.2 Å². The van der Waals surface area contributed by atoms with Gasteiger partial charge in [0, 0.05) is 25.8 Å². The summed E-state index contributed by atoms with van der Waals surface area (Å²) >= 11 is 0. The molecule has 1 aliphatic rings. The molecule has 0 bridgehead atoms. The van der Waals surface area contributed by atoms with Crippen LogP contribution in [0.1, 0.15) is 12.8 Å². The summed E-state index contributed by atoms with van der Waals surface area (Å²) in [7, 11) is 1.71. The van der Waals surface area contributed by atoms with Gasteiger partial charge in [-0.25, -0.2) is 4.79 Å². The van der Waals surface area contributed by atoms with Gasteiger partial charge in [-0.1, -0.05) is 6.08 Å². The first-order chi connectivity index (χ1) is 6.22. The van der Waals surface area contributed by atoms with E-state index in [-0.39, 0.29) is 0 Å². The minimum absolute atomic E-state index is 0.390. The second-order valence-electron chi connectivity index (χ2n) is 3.17. The van der Waals surface area contributed by atoms with Gasteiger partial charge in [0.05, 0.1) is 6.10 Å². The number of nitrogens with one attached hydrogen (secondary N) is 1. The number of carbonyl (C=O) groups is 1. The van der Waals surface area contributed by atoms with Crippen LogP contribution in [0.5, 0.6) is 0 Å². The summed E-state index contributed by atoms with van der Waals surface area (Å²) in [6.07, 6.45) is 5.21. The fourth-order valence-corrected chi connectivity index (χ4v) is 1.32. The molecule has 0 aromatic heterocycles. The van der Waals surface area contributed by atoms with Gasteiger partial charge in [0.15, 0.2) is 0 Å². The first-order valence-corrected chi connectivity index (χ1v) is 4.38. The Labute approximate surface area is 77.6 Å². The van der Waals surface area contributed by atoms with Crippen molar-refractivity contribution in [1.82, 2.24) is 5.32 Å². The van der Waals surface area contributed by atoms with Gasteiger partial charge in [0.2, 0.25) is 0 Å². The molecule has 2 N–H and O–H groups in total. The summed E-state index contributed by atoms with van der Waals surface area (Å²) in [5.74, 6) is -0.898. The number of ether oxygens (including phenoxy) is 1. The fraction of sp³-hybridized carbons (Fsp3) is 0.667. The molecule has 1 aliphatic carbocycles. The maximum atomic E-state index is 10.1. The molecule has 1 rings (SSSR count). The van der Waals surface area contributed by atoms with Crippen LogP contribution >= 0.6 is 0 Å². The van der Waals surface area contributed by atoms with E-state index in [9.17, 15) is 4.79 Å². The van der Waals surface area contributed by atoms with E-state index in [1.807, 2.05) is 0 Å². The summed E-state index contributed by atoms with van der Waals surface area (Å²) < 4.78 is 5.11. The Balaban J connectivity index is 1.99. The standard InChI is InChI=1S/C9H15NO3/c1-13-8-5-7(6-8)10-4-2-3-9(11)12/h2-3,7-8,10H,4-6H2,1H3,(H,11,12)/b3-2+. The van der Waals surface area contributed by atoms with E-state index in [1.54, 1.807) is 13.2 Å². The normalized spacial score (nSPS) is 27.5. The molecule has 0 amide bonds. The lowest BCUT2D eigenvalue weighted by atomic mass is 9.89. The SMILES string of the molecule is COC1CC(NC/C=C/C(=O)O)C1. The van der Waals surface area contributed by atoms with Gasteiger partial charge >= 0.3 is 5.97 Å². The van der Waals surface area contributed by atoms with Crippen LogP contribution in [-0.4, -0.2) is 36.9 Å². The Hall–Kier alpha value is -0.870. The number of carboxylic acid groups (broad SMARTS) is 1. The minimum atomic E-state index is -0.898. The number of hydrogen-bond donors (Lipinski definition) is 2. The topological polar surface area (TPSA) is 58.6 Å². The highest BCUT2D eigenvalue weighted by Gasteiger charge is 2.27. The van der Waals surface area contributed by atoms with E-state index in [0.717, 1.165) is 18.9 Å². The zero-order valence-electron chi connectivity index (χ0n) is 7.69. The molecule has 0 saturated heterocycles. The molecule has 4 nitrogen and oxygen atoms in total. The molecule has 0 atom stereocenters. The first kappa shape index (κ1) is 10.2. The average Bonchev–Trinajstić information content (AvgIpc) is 2.00. The van der Waals surface area contributed by atoms with Gasteiger partial charge in [-0.3, -0.25) is 0 Å². The van der Waals surface area contributed by atoms with Gasteiger partial charge < -0.3 is 15.2 Å². The van der Waals surface area contributed by atoms with Gasteiger partial charge in [-0.05, 0) is 12.8 Å². The van der Waals surface area contributed by atoms with Crippen molar-refractivity contribution in [2.75, 3.05) is 13.7 Å². The quantitative estimate of drug-likeness (QED) is 0.608. The van der Waals surface area contributed by atoms with E-state index >= 15 is 0 Å². The van der Waals surface area contributed by atoms with E-state index in [0.29, 0.717) is 18.7 Å². The van der Waals surface area contributed by atoms with E-state index in [4.69, 9.17) is 9.84 Å². The molecule has 13 heavy (non-hydrogen) atoms. The fourth-order valence-electron chi connectivity index (χ4n) is 1.32. The van der Waals surface area contributed by atoms with E-state index in [1.165, 1.54) is 0 Å². The van der Waals surface area contributed by atoms with Gasteiger partial charge in [0.1, 0.15) is 0 Å². The van der Waals surface area contributed by atoms with Crippen molar-refractivity contribution in [2.24, 2.45) is 0 Å². The molecule has 0 aromatic rings. The molecule has 0 spiro atoms. The number of methoxy groups -OCH3 is 1. The molecule has 74 valence electrons. The molecular weight excluding hydrogens is 170 g/mol. The van der Waals surface area contributed by atoms with Gasteiger partial charge in [-0.15, -0.1) is 0 Å². The second-order valence-corrected chi connectivity index (χ2v) is 3.17. The highest BCUT2D eigenvalue weighted by molar-refractivity contribution is 5.79. The Morgan fingerprint density at radius 1 is 1.69 bits per heavy atom. The third-order valence-corrected chi connectivity index (χ3v) is 2.21. The monoisotopic (exact) mass is 185 g/mol. The predicted octanol–water partition coefficient (Wildman–Crippen LogP) is 0.394. The molecule has 0 unspecified atom stereocenters. The largest absolute Gasteiger partial charge is 0.478 e. The second kappa shape index (κ2) is 4.99. The molecule has 0 radical (unpaired) electrons. The van der Waals surface area contributed by atoms with E-state index < -0.39 is 5.97 Å². The van der Waals surface area contributed by atoms with Crippen molar-refractivity contribution in [2.45, 2.75) is 25.0 Å². The van der Waals surface area contributed by atoms with Crippen LogP contribution in [0, 0.1) is 0 Å². The summed E-state index contributed by atoms with van der Waals surface area (Å²) in [6, 6.07) is 0.489. The maximum Gasteiger partial charge on any atom is 0.328 e. The summed E-state index contributed by atoms with van der Waals surface area (Å²) in [5.41, 5.74) is 0. The van der Waals surface area contributed by atoms with E-state index in [2.05, 4.69) is 5.32 Å². The molecule has 0 aliphatic heterocycles. The maximum absolute atomic E-state index is 10.1. The summed E-state index contributed by atoms with van der Waals surface area (Å²) in [4.78, 5) is 10.1. The van der Waals surface area contributed by atoms with Crippen LogP contribution in [-0.2, 0) is 9.53 Å². The van der Waals surface area contributed by atoms with Crippen molar-refractivity contribution in [3.63, 3.8) is 0 Å². The van der Waals surface area contributed by atoms with Crippen molar-refractivity contribution in [3.8, 4) is 0 Å². The number of aliphatic carboxylic acids is 1. The third kappa shape index (κ3) is 3.57. The molecule has 0 heterocycles. The van der Waals surface area contributed by atoms with Crippen LogP contribution in [0.3, 0.4) is 0 Å². The summed E-state index contributed by atoms with van der Waals surface area (Å²) in [6.45, 7) is 0.618. The minimum Gasteiger partial charge on any atom is -0.478 e. The number of rotatable bonds is 5. The van der Waals surface area contributed by atoms with Gasteiger partial charge in [0.25, 0.3) is 0 Å². The average molecular weight is 185 g/mol. The van der Waals surface area contributed by atoms with Crippen LogP contribution < -0.4 is 5.32 Å². The zero-order valence-corrected chi connectivity index (χ0v) is 7.69. The third-order valence-electron chi connectivity index (χ3n) is 2.21. The van der Waals surface area contributed by atoms with Crippen LogP contribution in [0.25, 0.3) is 0 Å². The van der Waals surface area contributed by atoms with Crippen molar-refractivity contribution in [1.29, 1.82) is 0 Å². The van der Waals surface area contributed by atoms with Crippen molar-refractivity contribution in [3.05, 3.63) is 12.2 Å². The number of carboxylic acids is 1. The Morgan fingerprint density at radius 2 is 2.38 bits per heavy atom. The highest BCUT2D eigenvalue weighted by Crippen LogP contribution is 2.21. The molecule has 4 heteroatoms. The predicted molar refractivity (Wildman–Crippen MR) is 48.6 cm³/mol. The van der Waals surface area contributed by atoms with Crippen molar-refractivity contribution >= 4 is 5.97 Å². The Bertz CT molecular complexity index is 197. The highest BCUT2D eigenvalue weighted by atomic mass is 16.5. The lowest BCUT2D eigenvalue weighted by Gasteiger charge is -2.34. The molecule has 1 fully saturated rings. The zero-order chi connectivity index (χ0) is 9.68. The smallest absolute Gasteiger partial charge is 0.328 e. The molecule has 0 aromatic carbocycles. The Kier molecular flexibility index (Phi) is 3.92. The first-order valence-electron chi connectivity index (χ1n) is 4.38. The summed E-state index contributed by atoms with van der Waals surface area (Å²) in [5, 5.41) is 11.5. The van der Waals surface area contributed by atoms with Crippen LogP contribution in [0.4, 0.5) is 0 Å². The van der Waals surface area contributed by atoms with Crippen molar-refractivity contribution < 1.29 is 14.6 Å². The lowest BCUT2D eigenvalue weighted by Crippen LogP contribution is -2.45. The van der Waals surface area contributed by atoms with Gasteiger partial charge in [-0.2, -0.15) is 0 Å². The molecular formula is C9H15NO3. The number of hydrogen-bond acceptors (Lipinski definition) is 3. The van der Waals surface area contributed by atoms with Crippen LogP contribution in [0.2, 0.25) is 0 Å². The lowest BCUT2D eigenvalue weighted by molar-refractivity contribution is -0.131.